The molecule has 0 saturated carbocycles. The zero-order chi connectivity index (χ0) is 30.9. The molecular weight excluding hydrogens is 544 g/mol. The van der Waals surface area contributed by atoms with E-state index in [1.807, 2.05) is 38.1 Å². The van der Waals surface area contributed by atoms with Crippen LogP contribution in [-0.2, 0) is 14.3 Å². The highest BCUT2D eigenvalue weighted by Crippen LogP contribution is 2.24. The lowest BCUT2D eigenvalue weighted by atomic mass is 10.0. The lowest BCUT2D eigenvalue weighted by Gasteiger charge is -2.13. The van der Waals surface area contributed by atoms with Crippen molar-refractivity contribution in [2.45, 2.75) is 84.7 Å². The average molecular weight is 589 g/mol. The third-order valence-corrected chi connectivity index (χ3v) is 6.94. The van der Waals surface area contributed by atoms with Crippen molar-refractivity contribution in [3.8, 4) is 22.6 Å². The van der Waals surface area contributed by atoms with Crippen LogP contribution in [0.4, 0.5) is 0 Å². The fourth-order valence-corrected chi connectivity index (χ4v) is 4.36. The molecule has 0 heterocycles. The summed E-state index contributed by atoms with van der Waals surface area (Å²) in [6, 6.07) is 21.2. The van der Waals surface area contributed by atoms with Crippen molar-refractivity contribution in [3.05, 3.63) is 83.9 Å². The fourth-order valence-electron chi connectivity index (χ4n) is 4.36. The first kappa shape index (κ1) is 33.4. The Hall–Kier alpha value is -4.13. The van der Waals surface area contributed by atoms with Crippen LogP contribution in [0.1, 0.15) is 99.3 Å². The summed E-state index contributed by atoms with van der Waals surface area (Å²) in [6.45, 7) is 6.88. The summed E-state index contributed by atoms with van der Waals surface area (Å²) in [5.74, 6) is 0.0907. The quantitative estimate of drug-likeness (QED) is 0.0835. The number of ether oxygens (including phenoxy) is 4. The van der Waals surface area contributed by atoms with E-state index in [0.29, 0.717) is 48.7 Å². The zero-order valence-corrected chi connectivity index (χ0v) is 25.6. The predicted octanol–water partition coefficient (Wildman–Crippen LogP) is 8.59. The second-order valence-electron chi connectivity index (χ2n) is 10.6. The van der Waals surface area contributed by atoms with Crippen molar-refractivity contribution in [2.24, 2.45) is 0 Å². The van der Waals surface area contributed by atoms with Crippen LogP contribution in [0.3, 0.4) is 0 Å². The molecule has 1 atom stereocenters. The first-order chi connectivity index (χ1) is 20.9. The molecule has 0 aromatic heterocycles. The standard InChI is InChI=1S/C36H44O7/c1-4-6-8-9-11-27(3)42-35(38)30-15-13-28(14-16-30)29-17-23-33(24-18-29)43-36(39)31-19-21-32(22-20-31)40-25-10-26-41-34(37)12-7-5-2/h13-24,27H,4-12,25-26H2,1-3H3. The molecule has 0 amide bonds. The first-order valence-electron chi connectivity index (χ1n) is 15.4. The van der Waals surface area contributed by atoms with Crippen molar-refractivity contribution in [1.29, 1.82) is 0 Å². The number of esters is 3. The van der Waals surface area contributed by atoms with Gasteiger partial charge in [-0.3, -0.25) is 4.79 Å². The number of carbonyl (C=O) groups excluding carboxylic acids is 3. The van der Waals surface area contributed by atoms with Gasteiger partial charge in [-0.15, -0.1) is 0 Å². The SMILES string of the molecule is CCCCCCC(C)OC(=O)c1ccc(-c2ccc(OC(=O)c3ccc(OCCCOC(=O)CCCC)cc3)cc2)cc1. The van der Waals surface area contributed by atoms with Gasteiger partial charge >= 0.3 is 17.9 Å². The van der Waals surface area contributed by atoms with E-state index in [0.717, 1.165) is 43.2 Å². The Morgan fingerprint density at radius 1 is 0.628 bits per heavy atom. The third kappa shape index (κ3) is 11.9. The maximum Gasteiger partial charge on any atom is 0.343 e. The lowest BCUT2D eigenvalue weighted by molar-refractivity contribution is -0.144. The Bertz CT molecular complexity index is 1260. The monoisotopic (exact) mass is 588 g/mol. The summed E-state index contributed by atoms with van der Waals surface area (Å²) in [6.07, 6.45) is 8.23. The summed E-state index contributed by atoms with van der Waals surface area (Å²) in [4.78, 5) is 36.7. The predicted molar refractivity (Wildman–Crippen MR) is 168 cm³/mol. The number of benzene rings is 3. The molecule has 7 nitrogen and oxygen atoms in total. The molecule has 0 aliphatic carbocycles. The largest absolute Gasteiger partial charge is 0.493 e. The number of hydrogen-bond donors (Lipinski definition) is 0. The number of carbonyl (C=O) groups is 3. The van der Waals surface area contributed by atoms with Gasteiger partial charge in [-0.1, -0.05) is 63.8 Å². The Kier molecular flexibility index (Phi) is 14.3. The van der Waals surface area contributed by atoms with Crippen molar-refractivity contribution in [1.82, 2.24) is 0 Å². The second-order valence-corrected chi connectivity index (χ2v) is 10.6. The Balaban J connectivity index is 1.43. The van der Waals surface area contributed by atoms with E-state index in [-0.39, 0.29) is 18.0 Å². The molecule has 0 spiro atoms. The zero-order valence-electron chi connectivity index (χ0n) is 25.6. The van der Waals surface area contributed by atoms with Crippen LogP contribution in [0.2, 0.25) is 0 Å². The normalized spacial score (nSPS) is 11.4. The van der Waals surface area contributed by atoms with Crippen molar-refractivity contribution in [2.75, 3.05) is 13.2 Å². The highest BCUT2D eigenvalue weighted by atomic mass is 16.5. The summed E-state index contributed by atoms with van der Waals surface area (Å²) in [5, 5.41) is 0. The van der Waals surface area contributed by atoms with E-state index < -0.39 is 5.97 Å². The minimum atomic E-state index is -0.472. The van der Waals surface area contributed by atoms with Gasteiger partial charge in [0.15, 0.2) is 0 Å². The third-order valence-electron chi connectivity index (χ3n) is 6.94. The van der Waals surface area contributed by atoms with Crippen molar-refractivity contribution in [3.63, 3.8) is 0 Å². The van der Waals surface area contributed by atoms with Crippen LogP contribution in [0.25, 0.3) is 11.1 Å². The first-order valence-corrected chi connectivity index (χ1v) is 15.4. The molecule has 3 aromatic carbocycles. The van der Waals surface area contributed by atoms with Gasteiger partial charge in [-0.25, -0.2) is 9.59 Å². The lowest BCUT2D eigenvalue weighted by Crippen LogP contribution is -2.15. The average Bonchev–Trinajstić information content (AvgIpc) is 3.02. The number of unbranched alkanes of at least 4 members (excludes halogenated alkanes) is 4. The van der Waals surface area contributed by atoms with Crippen LogP contribution >= 0.6 is 0 Å². The van der Waals surface area contributed by atoms with E-state index >= 15 is 0 Å². The van der Waals surface area contributed by atoms with Crippen LogP contribution in [0.5, 0.6) is 11.5 Å². The van der Waals surface area contributed by atoms with Gasteiger partial charge in [-0.2, -0.15) is 0 Å². The molecule has 3 aromatic rings. The molecule has 0 saturated heterocycles. The smallest absolute Gasteiger partial charge is 0.343 e. The molecule has 7 heteroatoms. The molecular formula is C36H44O7. The van der Waals surface area contributed by atoms with E-state index in [1.165, 1.54) is 12.8 Å². The molecule has 1 unspecified atom stereocenters. The maximum atomic E-state index is 12.6. The van der Waals surface area contributed by atoms with Crippen molar-refractivity contribution >= 4 is 17.9 Å². The van der Waals surface area contributed by atoms with Crippen LogP contribution in [0.15, 0.2) is 72.8 Å². The number of hydrogen-bond acceptors (Lipinski definition) is 7. The van der Waals surface area contributed by atoms with E-state index in [9.17, 15) is 14.4 Å². The van der Waals surface area contributed by atoms with Crippen LogP contribution in [-0.4, -0.2) is 37.2 Å². The molecule has 0 radical (unpaired) electrons. The fraction of sp³-hybridized carbons (Fsp3) is 0.417. The van der Waals surface area contributed by atoms with Gasteiger partial charge in [-0.05, 0) is 85.8 Å². The number of rotatable bonds is 18. The topological polar surface area (TPSA) is 88.1 Å². The van der Waals surface area contributed by atoms with Crippen LogP contribution in [0, 0.1) is 0 Å². The Morgan fingerprint density at radius 2 is 1.21 bits per heavy atom. The highest BCUT2D eigenvalue weighted by molar-refractivity contribution is 5.91. The van der Waals surface area contributed by atoms with E-state index in [2.05, 4.69) is 6.92 Å². The minimum absolute atomic E-state index is 0.102. The van der Waals surface area contributed by atoms with Gasteiger partial charge in [0.1, 0.15) is 11.5 Å². The summed E-state index contributed by atoms with van der Waals surface area (Å²) in [7, 11) is 0. The molecule has 3 rings (SSSR count). The molecule has 230 valence electrons. The molecule has 0 aliphatic rings. The van der Waals surface area contributed by atoms with Gasteiger partial charge in [0.25, 0.3) is 0 Å². The Morgan fingerprint density at radius 3 is 1.86 bits per heavy atom. The van der Waals surface area contributed by atoms with Crippen LogP contribution < -0.4 is 9.47 Å². The van der Waals surface area contributed by atoms with E-state index in [1.54, 1.807) is 48.5 Å². The van der Waals surface area contributed by atoms with Crippen molar-refractivity contribution < 1.29 is 33.3 Å². The summed E-state index contributed by atoms with van der Waals surface area (Å²) >= 11 is 0. The maximum absolute atomic E-state index is 12.6. The van der Waals surface area contributed by atoms with Gasteiger partial charge in [0, 0.05) is 12.8 Å². The second kappa shape index (κ2) is 18.4. The minimum Gasteiger partial charge on any atom is -0.493 e. The molecule has 0 N–H and O–H groups in total. The van der Waals surface area contributed by atoms with Gasteiger partial charge < -0.3 is 18.9 Å². The van der Waals surface area contributed by atoms with E-state index in [4.69, 9.17) is 18.9 Å². The molecule has 0 bridgehead atoms. The highest BCUT2D eigenvalue weighted by Gasteiger charge is 2.13. The summed E-state index contributed by atoms with van der Waals surface area (Å²) < 4.78 is 22.0. The summed E-state index contributed by atoms with van der Waals surface area (Å²) in [5.41, 5.74) is 2.79. The molecule has 0 aliphatic heterocycles. The molecule has 0 fully saturated rings. The molecule has 43 heavy (non-hydrogen) atoms. The van der Waals surface area contributed by atoms with Gasteiger partial charge in [0.2, 0.25) is 0 Å². The van der Waals surface area contributed by atoms with Gasteiger partial charge in [0.05, 0.1) is 30.4 Å². The Labute approximate surface area is 255 Å².